The number of ether oxygens (including phenoxy) is 2. The van der Waals surface area contributed by atoms with E-state index < -0.39 is 0 Å². The van der Waals surface area contributed by atoms with Crippen LogP contribution < -0.4 is 20.1 Å². The van der Waals surface area contributed by atoms with Gasteiger partial charge in [0, 0.05) is 30.0 Å². The number of carbonyl (C=O) groups excluding carboxylic acids is 2. The largest absolute Gasteiger partial charge is 0.486 e. The third-order valence-electron chi connectivity index (χ3n) is 4.89. The molecule has 2 N–H and O–H groups in total. The van der Waals surface area contributed by atoms with Crippen LogP contribution >= 0.6 is 0 Å². The van der Waals surface area contributed by atoms with Gasteiger partial charge < -0.3 is 20.1 Å². The van der Waals surface area contributed by atoms with Crippen molar-refractivity contribution in [2.24, 2.45) is 0 Å². The molecular weight excluding hydrogens is 394 g/mol. The topological polar surface area (TPSA) is 89.6 Å². The van der Waals surface area contributed by atoms with Crippen molar-refractivity contribution in [3.8, 4) is 22.8 Å². The summed E-state index contributed by atoms with van der Waals surface area (Å²) in [5.74, 6) is 1.04. The number of pyridine rings is 1. The van der Waals surface area contributed by atoms with Crippen molar-refractivity contribution in [3.05, 3.63) is 54.1 Å². The summed E-state index contributed by atoms with van der Waals surface area (Å²) in [7, 11) is 0. The van der Waals surface area contributed by atoms with Gasteiger partial charge in [-0.3, -0.25) is 9.59 Å². The van der Waals surface area contributed by atoms with Crippen molar-refractivity contribution in [2.45, 2.75) is 26.3 Å². The van der Waals surface area contributed by atoms with Gasteiger partial charge in [0.05, 0.1) is 16.8 Å². The highest BCUT2D eigenvalue weighted by Gasteiger charge is 2.17. The van der Waals surface area contributed by atoms with Crippen molar-refractivity contribution < 1.29 is 19.1 Å². The second kappa shape index (κ2) is 9.04. The molecule has 7 nitrogen and oxygen atoms in total. The van der Waals surface area contributed by atoms with Crippen LogP contribution in [0.1, 0.15) is 30.6 Å². The van der Waals surface area contributed by atoms with E-state index in [1.54, 1.807) is 6.07 Å². The standard InChI is InChI=1S/C24H25N3O4/c1-15(2)26-23(28)9-10-25-24(29)18-14-20(27-19-6-4-3-5-17(18)19)16-7-8-21-22(13-16)31-12-11-30-21/h3-8,13-15H,9-12H2,1-2H3,(H,25,29)(H,26,28). The van der Waals surface area contributed by atoms with E-state index in [0.717, 1.165) is 16.5 Å². The zero-order valence-corrected chi connectivity index (χ0v) is 17.6. The Labute approximate surface area is 180 Å². The maximum Gasteiger partial charge on any atom is 0.252 e. The van der Waals surface area contributed by atoms with E-state index in [0.29, 0.717) is 36.0 Å². The Morgan fingerprint density at radius 3 is 2.61 bits per heavy atom. The Hall–Kier alpha value is -3.61. The summed E-state index contributed by atoms with van der Waals surface area (Å²) >= 11 is 0. The van der Waals surface area contributed by atoms with Gasteiger partial charge in [-0.25, -0.2) is 4.98 Å². The Morgan fingerprint density at radius 2 is 1.81 bits per heavy atom. The zero-order valence-electron chi connectivity index (χ0n) is 17.6. The van der Waals surface area contributed by atoms with Gasteiger partial charge in [0.15, 0.2) is 11.5 Å². The molecule has 0 aliphatic carbocycles. The zero-order chi connectivity index (χ0) is 21.8. The summed E-state index contributed by atoms with van der Waals surface area (Å²) in [6, 6.07) is 15.0. The lowest BCUT2D eigenvalue weighted by Crippen LogP contribution is -2.34. The smallest absolute Gasteiger partial charge is 0.252 e. The molecule has 4 rings (SSSR count). The molecule has 0 unspecified atom stereocenters. The first-order valence-corrected chi connectivity index (χ1v) is 10.4. The summed E-state index contributed by atoms with van der Waals surface area (Å²) in [6.07, 6.45) is 0.224. The van der Waals surface area contributed by atoms with E-state index in [1.807, 2.05) is 56.3 Å². The summed E-state index contributed by atoms with van der Waals surface area (Å²) < 4.78 is 11.3. The average Bonchev–Trinajstić information content (AvgIpc) is 2.77. The van der Waals surface area contributed by atoms with Crippen LogP contribution in [0.15, 0.2) is 48.5 Å². The van der Waals surface area contributed by atoms with Gasteiger partial charge in [-0.1, -0.05) is 18.2 Å². The minimum absolute atomic E-state index is 0.0703. The number of nitrogens with zero attached hydrogens (tertiary/aromatic N) is 1. The van der Waals surface area contributed by atoms with E-state index in [4.69, 9.17) is 14.5 Å². The number of aromatic nitrogens is 1. The number of hydrogen-bond donors (Lipinski definition) is 2. The summed E-state index contributed by atoms with van der Waals surface area (Å²) in [4.78, 5) is 29.5. The average molecular weight is 419 g/mol. The molecule has 0 fully saturated rings. The fraction of sp³-hybridized carbons (Fsp3) is 0.292. The Bertz CT molecular complexity index is 1130. The van der Waals surface area contributed by atoms with Crippen molar-refractivity contribution in [3.63, 3.8) is 0 Å². The van der Waals surface area contributed by atoms with Crippen LogP contribution in [0, 0.1) is 0 Å². The summed E-state index contributed by atoms with van der Waals surface area (Å²) in [6.45, 7) is 5.09. The molecule has 0 bridgehead atoms. The number of benzene rings is 2. The number of carbonyl (C=O) groups is 2. The van der Waals surface area contributed by atoms with Crippen LogP contribution in [0.3, 0.4) is 0 Å². The second-order valence-corrected chi connectivity index (χ2v) is 7.66. The van der Waals surface area contributed by atoms with Crippen LogP contribution in [0.25, 0.3) is 22.2 Å². The molecule has 2 amide bonds. The van der Waals surface area contributed by atoms with Gasteiger partial charge in [0.25, 0.3) is 5.91 Å². The van der Waals surface area contributed by atoms with Gasteiger partial charge in [-0.15, -0.1) is 0 Å². The predicted octanol–water partition coefficient (Wildman–Crippen LogP) is 3.32. The molecule has 0 saturated heterocycles. The quantitative estimate of drug-likeness (QED) is 0.640. The van der Waals surface area contributed by atoms with E-state index in [1.165, 1.54) is 0 Å². The van der Waals surface area contributed by atoms with Crippen LogP contribution in [0.5, 0.6) is 11.5 Å². The third kappa shape index (κ3) is 4.77. The highest BCUT2D eigenvalue weighted by Crippen LogP contribution is 2.35. The third-order valence-corrected chi connectivity index (χ3v) is 4.89. The first-order valence-electron chi connectivity index (χ1n) is 10.4. The maximum absolute atomic E-state index is 13.0. The number of amides is 2. The van der Waals surface area contributed by atoms with Crippen molar-refractivity contribution in [2.75, 3.05) is 19.8 Å². The molecule has 3 aromatic rings. The highest BCUT2D eigenvalue weighted by molar-refractivity contribution is 6.07. The Kier molecular flexibility index (Phi) is 6.02. The number of nitrogens with one attached hydrogen (secondary N) is 2. The lowest BCUT2D eigenvalue weighted by atomic mass is 10.0. The van der Waals surface area contributed by atoms with Gasteiger partial charge in [-0.05, 0) is 44.2 Å². The summed E-state index contributed by atoms with van der Waals surface area (Å²) in [5, 5.41) is 6.43. The molecule has 0 radical (unpaired) electrons. The minimum atomic E-state index is -0.241. The van der Waals surface area contributed by atoms with E-state index >= 15 is 0 Å². The molecule has 2 heterocycles. The SMILES string of the molecule is CC(C)NC(=O)CCNC(=O)c1cc(-c2ccc3c(c2)OCCO3)nc2ccccc12. The lowest BCUT2D eigenvalue weighted by Gasteiger charge is -2.19. The first-order chi connectivity index (χ1) is 15.0. The molecule has 0 saturated carbocycles. The van der Waals surface area contributed by atoms with E-state index in [2.05, 4.69) is 10.6 Å². The van der Waals surface area contributed by atoms with Gasteiger partial charge in [0.1, 0.15) is 13.2 Å². The van der Waals surface area contributed by atoms with Gasteiger partial charge in [0.2, 0.25) is 5.91 Å². The van der Waals surface area contributed by atoms with Crippen molar-refractivity contribution >= 4 is 22.7 Å². The monoisotopic (exact) mass is 419 g/mol. The van der Waals surface area contributed by atoms with Gasteiger partial charge >= 0.3 is 0 Å². The summed E-state index contributed by atoms with van der Waals surface area (Å²) in [5.41, 5.74) is 2.73. The molecule has 7 heteroatoms. The van der Waals surface area contributed by atoms with Crippen LogP contribution in [0.2, 0.25) is 0 Å². The lowest BCUT2D eigenvalue weighted by molar-refractivity contribution is -0.121. The molecule has 31 heavy (non-hydrogen) atoms. The normalized spacial score (nSPS) is 12.6. The second-order valence-electron chi connectivity index (χ2n) is 7.66. The molecule has 160 valence electrons. The number of para-hydroxylation sites is 1. The molecule has 2 aromatic carbocycles. The fourth-order valence-corrected chi connectivity index (χ4v) is 3.49. The fourth-order valence-electron chi connectivity index (χ4n) is 3.49. The molecule has 0 atom stereocenters. The minimum Gasteiger partial charge on any atom is -0.486 e. The van der Waals surface area contributed by atoms with Crippen LogP contribution in [0.4, 0.5) is 0 Å². The van der Waals surface area contributed by atoms with Crippen molar-refractivity contribution in [1.29, 1.82) is 0 Å². The first kappa shape index (κ1) is 20.7. The van der Waals surface area contributed by atoms with Crippen LogP contribution in [-0.2, 0) is 4.79 Å². The Balaban J connectivity index is 1.61. The van der Waals surface area contributed by atoms with Crippen molar-refractivity contribution in [1.82, 2.24) is 15.6 Å². The molecule has 0 spiro atoms. The van der Waals surface area contributed by atoms with Gasteiger partial charge in [-0.2, -0.15) is 0 Å². The molecule has 1 aliphatic rings. The maximum atomic E-state index is 13.0. The van der Waals surface area contributed by atoms with Crippen LogP contribution in [-0.4, -0.2) is 42.6 Å². The molecule has 1 aromatic heterocycles. The highest BCUT2D eigenvalue weighted by atomic mass is 16.6. The number of fused-ring (bicyclic) bond motifs is 2. The molecule has 1 aliphatic heterocycles. The predicted molar refractivity (Wildman–Crippen MR) is 118 cm³/mol. The number of rotatable bonds is 6. The molecular formula is C24H25N3O4. The number of hydrogen-bond acceptors (Lipinski definition) is 5. The Morgan fingerprint density at radius 1 is 1.03 bits per heavy atom. The van der Waals surface area contributed by atoms with E-state index in [-0.39, 0.29) is 30.8 Å². The van der Waals surface area contributed by atoms with E-state index in [9.17, 15) is 9.59 Å².